The molecule has 1 aliphatic heterocycles. The van der Waals surface area contributed by atoms with Crippen molar-refractivity contribution in [2.24, 2.45) is 0 Å². The number of thioether (sulfide) groups is 1. The first-order valence-corrected chi connectivity index (χ1v) is 9.78. The molecule has 0 aliphatic carbocycles. The molecule has 25 heavy (non-hydrogen) atoms. The van der Waals surface area contributed by atoms with Gasteiger partial charge < -0.3 is 14.6 Å². The lowest BCUT2D eigenvalue weighted by Gasteiger charge is -2.31. The molecule has 1 fully saturated rings. The van der Waals surface area contributed by atoms with Crippen LogP contribution in [0.15, 0.2) is 47.1 Å². The SMILES string of the molecule is CSCc1ccc(C(=O)NC2CCN(C(=O)c3ccco3)CC2)cc1. The molecule has 1 saturated heterocycles. The Morgan fingerprint density at radius 3 is 2.52 bits per heavy atom. The minimum atomic E-state index is -0.0841. The van der Waals surface area contributed by atoms with Crippen LogP contribution in [0.5, 0.6) is 0 Å². The van der Waals surface area contributed by atoms with Crippen molar-refractivity contribution >= 4 is 23.6 Å². The fraction of sp³-hybridized carbons (Fsp3) is 0.368. The number of rotatable bonds is 5. The van der Waals surface area contributed by atoms with E-state index in [9.17, 15) is 9.59 Å². The third kappa shape index (κ3) is 4.45. The van der Waals surface area contributed by atoms with Crippen LogP contribution >= 0.6 is 11.8 Å². The molecule has 1 aromatic carbocycles. The standard InChI is InChI=1S/C19H22N2O3S/c1-25-13-14-4-6-15(7-5-14)18(22)20-16-8-10-21(11-9-16)19(23)17-3-2-12-24-17/h2-7,12,16H,8-11,13H2,1H3,(H,20,22). The average molecular weight is 358 g/mol. The third-order valence-corrected chi connectivity index (χ3v) is 5.00. The highest BCUT2D eigenvalue weighted by Gasteiger charge is 2.25. The fourth-order valence-electron chi connectivity index (χ4n) is 2.97. The summed E-state index contributed by atoms with van der Waals surface area (Å²) in [5.41, 5.74) is 1.90. The molecule has 2 amide bonds. The molecule has 0 atom stereocenters. The van der Waals surface area contributed by atoms with Gasteiger partial charge in [0.15, 0.2) is 5.76 Å². The van der Waals surface area contributed by atoms with E-state index in [1.807, 2.05) is 24.3 Å². The van der Waals surface area contributed by atoms with Gasteiger partial charge >= 0.3 is 0 Å². The maximum atomic E-state index is 12.4. The van der Waals surface area contributed by atoms with Crippen LogP contribution in [0, 0.1) is 0 Å². The van der Waals surface area contributed by atoms with E-state index in [0.29, 0.717) is 24.4 Å². The lowest BCUT2D eigenvalue weighted by Crippen LogP contribution is -2.46. The summed E-state index contributed by atoms with van der Waals surface area (Å²) in [5.74, 6) is 1.18. The Balaban J connectivity index is 1.50. The Labute approximate surface area is 151 Å². The van der Waals surface area contributed by atoms with E-state index in [-0.39, 0.29) is 17.9 Å². The van der Waals surface area contributed by atoms with Crippen molar-refractivity contribution in [3.63, 3.8) is 0 Å². The first kappa shape index (κ1) is 17.6. The number of carbonyl (C=O) groups is 2. The first-order chi connectivity index (χ1) is 12.2. The highest BCUT2D eigenvalue weighted by atomic mass is 32.2. The van der Waals surface area contributed by atoms with Gasteiger partial charge in [-0.05, 0) is 48.9 Å². The van der Waals surface area contributed by atoms with Gasteiger partial charge in [0.25, 0.3) is 11.8 Å². The van der Waals surface area contributed by atoms with Crippen molar-refractivity contribution in [2.75, 3.05) is 19.3 Å². The van der Waals surface area contributed by atoms with Crippen LogP contribution in [-0.4, -0.2) is 42.1 Å². The molecule has 132 valence electrons. The summed E-state index contributed by atoms with van der Waals surface area (Å²) in [6, 6.07) is 11.2. The van der Waals surface area contributed by atoms with Crippen LogP contribution in [0.4, 0.5) is 0 Å². The number of nitrogens with zero attached hydrogens (tertiary/aromatic N) is 1. The van der Waals surface area contributed by atoms with Gasteiger partial charge in [0, 0.05) is 30.4 Å². The molecule has 1 N–H and O–H groups in total. The quantitative estimate of drug-likeness (QED) is 0.892. The lowest BCUT2D eigenvalue weighted by atomic mass is 10.0. The molecular weight excluding hydrogens is 336 g/mol. The Kier molecular flexibility index (Phi) is 5.81. The summed E-state index contributed by atoms with van der Waals surface area (Å²) in [5, 5.41) is 3.08. The van der Waals surface area contributed by atoms with E-state index < -0.39 is 0 Å². The molecule has 1 aliphatic rings. The van der Waals surface area contributed by atoms with Gasteiger partial charge in [0.05, 0.1) is 6.26 Å². The maximum Gasteiger partial charge on any atom is 0.289 e. The average Bonchev–Trinajstić information content (AvgIpc) is 3.17. The predicted octanol–water partition coefficient (Wildman–Crippen LogP) is 3.18. The van der Waals surface area contributed by atoms with E-state index >= 15 is 0 Å². The second kappa shape index (κ2) is 8.25. The summed E-state index contributed by atoms with van der Waals surface area (Å²) < 4.78 is 5.16. The van der Waals surface area contributed by atoms with E-state index in [0.717, 1.165) is 18.6 Å². The zero-order valence-electron chi connectivity index (χ0n) is 14.2. The highest BCUT2D eigenvalue weighted by Crippen LogP contribution is 2.16. The number of carbonyl (C=O) groups excluding carboxylic acids is 2. The van der Waals surface area contributed by atoms with Crippen molar-refractivity contribution < 1.29 is 14.0 Å². The molecule has 0 spiro atoms. The number of hydrogen-bond acceptors (Lipinski definition) is 4. The van der Waals surface area contributed by atoms with Crippen LogP contribution in [0.3, 0.4) is 0 Å². The maximum absolute atomic E-state index is 12.4. The molecule has 5 nitrogen and oxygen atoms in total. The molecule has 0 unspecified atom stereocenters. The van der Waals surface area contributed by atoms with Crippen LogP contribution in [0.25, 0.3) is 0 Å². The molecule has 0 radical (unpaired) electrons. The number of furan rings is 1. The van der Waals surface area contributed by atoms with Gasteiger partial charge in [0.1, 0.15) is 0 Å². The van der Waals surface area contributed by atoms with Crippen LogP contribution in [-0.2, 0) is 5.75 Å². The van der Waals surface area contributed by atoms with Gasteiger partial charge in [0.2, 0.25) is 0 Å². The van der Waals surface area contributed by atoms with Crippen molar-refractivity contribution in [1.82, 2.24) is 10.2 Å². The number of hydrogen-bond donors (Lipinski definition) is 1. The molecule has 2 heterocycles. The van der Waals surface area contributed by atoms with E-state index in [1.54, 1.807) is 28.8 Å². The molecule has 2 aromatic rings. The topological polar surface area (TPSA) is 62.6 Å². The lowest BCUT2D eigenvalue weighted by molar-refractivity contribution is 0.0667. The van der Waals surface area contributed by atoms with Crippen LogP contribution in [0.1, 0.15) is 39.3 Å². The number of piperidine rings is 1. The van der Waals surface area contributed by atoms with Crippen molar-refractivity contribution in [3.05, 3.63) is 59.5 Å². The second-order valence-corrected chi connectivity index (χ2v) is 7.01. The van der Waals surface area contributed by atoms with Crippen LogP contribution < -0.4 is 5.32 Å². The van der Waals surface area contributed by atoms with Crippen molar-refractivity contribution in [2.45, 2.75) is 24.6 Å². The monoisotopic (exact) mass is 358 g/mol. The molecule has 0 bridgehead atoms. The minimum absolute atomic E-state index is 0.0495. The molecule has 1 aromatic heterocycles. The Morgan fingerprint density at radius 2 is 1.92 bits per heavy atom. The van der Waals surface area contributed by atoms with Gasteiger partial charge in [-0.15, -0.1) is 0 Å². The normalized spacial score (nSPS) is 15.2. The number of amides is 2. The third-order valence-electron chi connectivity index (χ3n) is 4.38. The van der Waals surface area contributed by atoms with E-state index in [1.165, 1.54) is 11.8 Å². The molecule has 6 heteroatoms. The molecule has 3 rings (SSSR count). The molecular formula is C19H22N2O3S. The largest absolute Gasteiger partial charge is 0.459 e. The number of likely N-dealkylation sites (tertiary alicyclic amines) is 1. The fourth-order valence-corrected chi connectivity index (χ4v) is 3.50. The minimum Gasteiger partial charge on any atom is -0.459 e. The summed E-state index contributed by atoms with van der Waals surface area (Å²) in [6.07, 6.45) is 5.07. The van der Waals surface area contributed by atoms with Crippen molar-refractivity contribution in [1.29, 1.82) is 0 Å². The second-order valence-electron chi connectivity index (χ2n) is 6.15. The van der Waals surface area contributed by atoms with Gasteiger partial charge in [-0.1, -0.05) is 12.1 Å². The summed E-state index contributed by atoms with van der Waals surface area (Å²) in [7, 11) is 0. The van der Waals surface area contributed by atoms with Crippen LogP contribution in [0.2, 0.25) is 0 Å². The Morgan fingerprint density at radius 1 is 1.20 bits per heavy atom. The van der Waals surface area contributed by atoms with E-state index in [2.05, 4.69) is 11.6 Å². The highest BCUT2D eigenvalue weighted by molar-refractivity contribution is 7.97. The molecule has 0 saturated carbocycles. The van der Waals surface area contributed by atoms with E-state index in [4.69, 9.17) is 4.42 Å². The Bertz CT molecular complexity index is 705. The smallest absolute Gasteiger partial charge is 0.289 e. The summed E-state index contributed by atoms with van der Waals surface area (Å²) in [6.45, 7) is 1.24. The summed E-state index contributed by atoms with van der Waals surface area (Å²) in [4.78, 5) is 26.4. The van der Waals surface area contributed by atoms with Crippen molar-refractivity contribution in [3.8, 4) is 0 Å². The zero-order valence-corrected chi connectivity index (χ0v) is 15.1. The number of benzene rings is 1. The summed E-state index contributed by atoms with van der Waals surface area (Å²) >= 11 is 1.76. The Hall–Kier alpha value is -2.21. The van der Waals surface area contributed by atoms with Gasteiger partial charge in [-0.25, -0.2) is 0 Å². The predicted molar refractivity (Wildman–Crippen MR) is 98.8 cm³/mol. The van der Waals surface area contributed by atoms with Gasteiger partial charge in [-0.3, -0.25) is 9.59 Å². The van der Waals surface area contributed by atoms with Gasteiger partial charge in [-0.2, -0.15) is 11.8 Å². The number of nitrogens with one attached hydrogen (secondary N) is 1. The first-order valence-electron chi connectivity index (χ1n) is 8.39. The zero-order chi connectivity index (χ0) is 17.6.